The van der Waals surface area contributed by atoms with Crippen LogP contribution in [0.2, 0.25) is 0 Å². The average molecular weight is 512 g/mol. The Balaban J connectivity index is 1.28. The van der Waals surface area contributed by atoms with E-state index in [0.717, 1.165) is 46.9 Å². The van der Waals surface area contributed by atoms with Crippen LogP contribution in [0.25, 0.3) is 21.8 Å². The maximum Gasteiger partial charge on any atom is 0.241 e. The summed E-state index contributed by atoms with van der Waals surface area (Å²) >= 11 is 0. The number of rotatable bonds is 7. The van der Waals surface area contributed by atoms with Gasteiger partial charge in [-0.05, 0) is 61.3 Å². The largest absolute Gasteiger partial charge is 0.494 e. The molecule has 0 radical (unpaired) electrons. The molecule has 1 amide bonds. The zero-order valence-corrected chi connectivity index (χ0v) is 20.7. The van der Waals surface area contributed by atoms with Gasteiger partial charge in [-0.1, -0.05) is 12.1 Å². The van der Waals surface area contributed by atoms with Gasteiger partial charge in [-0.25, -0.2) is 14.4 Å². The topological polar surface area (TPSA) is 106 Å². The molecule has 1 aliphatic rings. The summed E-state index contributed by atoms with van der Waals surface area (Å²) in [7, 11) is 1.56. The van der Waals surface area contributed by atoms with Crippen molar-refractivity contribution in [2.75, 3.05) is 24.3 Å². The minimum Gasteiger partial charge on any atom is -0.494 e. The molecule has 1 saturated heterocycles. The molecule has 0 unspecified atom stereocenters. The lowest BCUT2D eigenvalue weighted by Crippen LogP contribution is -2.35. The Hall–Kier alpha value is -4.57. The van der Waals surface area contributed by atoms with Gasteiger partial charge in [0.2, 0.25) is 5.91 Å². The molecule has 192 valence electrons. The number of amides is 1. The molecule has 2 aromatic heterocycles. The highest BCUT2D eigenvalue weighted by Gasteiger charge is 2.23. The van der Waals surface area contributed by atoms with E-state index in [-0.39, 0.29) is 17.8 Å². The zero-order chi connectivity index (χ0) is 26.1. The van der Waals surface area contributed by atoms with Gasteiger partial charge in [-0.15, -0.1) is 0 Å². The minimum atomic E-state index is -0.266. The Morgan fingerprint density at radius 1 is 1.18 bits per heavy atom. The molecule has 6 rings (SSSR count). The van der Waals surface area contributed by atoms with E-state index >= 15 is 0 Å². The zero-order valence-electron chi connectivity index (χ0n) is 20.7. The lowest BCUT2D eigenvalue weighted by atomic mass is 10.1. The molecule has 38 heavy (non-hydrogen) atoms. The summed E-state index contributed by atoms with van der Waals surface area (Å²) in [5.74, 6) is 0.768. The fourth-order valence-electron chi connectivity index (χ4n) is 4.81. The van der Waals surface area contributed by atoms with E-state index in [9.17, 15) is 9.18 Å². The Kier molecular flexibility index (Phi) is 6.30. The number of carbonyl (C=O) groups excluding carboxylic acids is 1. The fourth-order valence-corrected chi connectivity index (χ4v) is 4.81. The van der Waals surface area contributed by atoms with Gasteiger partial charge in [0.15, 0.2) is 0 Å². The maximum atomic E-state index is 13.6. The molecule has 3 N–H and O–H groups in total. The van der Waals surface area contributed by atoms with Gasteiger partial charge >= 0.3 is 0 Å². The molecular formula is C28H26FN7O2. The summed E-state index contributed by atoms with van der Waals surface area (Å²) in [6, 6.07) is 15.8. The molecule has 3 aromatic carbocycles. The van der Waals surface area contributed by atoms with Crippen molar-refractivity contribution in [2.45, 2.75) is 25.4 Å². The smallest absolute Gasteiger partial charge is 0.241 e. The monoisotopic (exact) mass is 511 g/mol. The first-order valence-electron chi connectivity index (χ1n) is 12.4. The highest BCUT2D eigenvalue weighted by molar-refractivity contribution is 6.01. The quantitative estimate of drug-likeness (QED) is 0.293. The van der Waals surface area contributed by atoms with Gasteiger partial charge < -0.3 is 20.7 Å². The van der Waals surface area contributed by atoms with Crippen LogP contribution in [0, 0.1) is 5.82 Å². The van der Waals surface area contributed by atoms with Crippen molar-refractivity contribution in [3.05, 3.63) is 78.5 Å². The molecule has 0 spiro atoms. The predicted octanol–water partition coefficient (Wildman–Crippen LogP) is 4.61. The van der Waals surface area contributed by atoms with Crippen LogP contribution in [-0.2, 0) is 11.3 Å². The number of nitrogens with zero attached hydrogens (tertiary/aromatic N) is 4. The third kappa shape index (κ3) is 4.73. The van der Waals surface area contributed by atoms with Gasteiger partial charge in [0, 0.05) is 22.5 Å². The number of halogens is 1. The van der Waals surface area contributed by atoms with E-state index < -0.39 is 0 Å². The first-order chi connectivity index (χ1) is 18.6. The minimum absolute atomic E-state index is 0.0905. The van der Waals surface area contributed by atoms with Gasteiger partial charge in [0.05, 0.1) is 42.6 Å². The summed E-state index contributed by atoms with van der Waals surface area (Å²) in [5.41, 5.74) is 3.83. The third-order valence-electron chi connectivity index (χ3n) is 6.72. The molecule has 3 heterocycles. The number of carbonyl (C=O) groups is 1. The summed E-state index contributed by atoms with van der Waals surface area (Å²) in [5, 5.41) is 15.7. The van der Waals surface area contributed by atoms with Gasteiger partial charge in [-0.3, -0.25) is 9.48 Å². The SMILES string of the molecule is COc1cc2ncnc(Nc3ccc4c(cnn4Cc4cccc(F)c4)c3)c2cc1NC(=O)[C@@H]1CCCN1. The summed E-state index contributed by atoms with van der Waals surface area (Å²) in [4.78, 5) is 21.6. The highest BCUT2D eigenvalue weighted by atomic mass is 19.1. The van der Waals surface area contributed by atoms with E-state index in [1.165, 1.54) is 18.5 Å². The summed E-state index contributed by atoms with van der Waals surface area (Å²) in [6.45, 7) is 1.31. The van der Waals surface area contributed by atoms with E-state index in [4.69, 9.17) is 4.74 Å². The van der Waals surface area contributed by atoms with Crippen LogP contribution in [0.15, 0.2) is 67.1 Å². The number of nitrogens with one attached hydrogen (secondary N) is 3. The lowest BCUT2D eigenvalue weighted by Gasteiger charge is -2.16. The molecular weight excluding hydrogens is 485 g/mol. The van der Waals surface area contributed by atoms with Crippen LogP contribution in [-0.4, -0.2) is 45.4 Å². The normalized spacial score (nSPS) is 15.2. The first-order valence-corrected chi connectivity index (χ1v) is 12.4. The number of ether oxygens (including phenoxy) is 1. The van der Waals surface area contributed by atoms with Crippen LogP contribution in [0.5, 0.6) is 5.75 Å². The van der Waals surface area contributed by atoms with E-state index in [2.05, 4.69) is 31.0 Å². The van der Waals surface area contributed by atoms with Crippen LogP contribution < -0.4 is 20.7 Å². The van der Waals surface area contributed by atoms with Crippen LogP contribution >= 0.6 is 0 Å². The highest BCUT2D eigenvalue weighted by Crippen LogP contribution is 2.34. The Morgan fingerprint density at radius 3 is 2.92 bits per heavy atom. The number of hydrogen-bond acceptors (Lipinski definition) is 7. The number of hydrogen-bond donors (Lipinski definition) is 3. The maximum absolute atomic E-state index is 13.6. The van der Waals surface area contributed by atoms with E-state index in [1.54, 1.807) is 25.4 Å². The van der Waals surface area contributed by atoms with Crippen LogP contribution in [0.1, 0.15) is 18.4 Å². The number of benzene rings is 3. The van der Waals surface area contributed by atoms with Crippen molar-refractivity contribution in [3.8, 4) is 5.75 Å². The number of methoxy groups -OCH3 is 1. The number of anilines is 3. The fraction of sp³-hybridized carbons (Fsp3) is 0.214. The molecule has 0 aliphatic carbocycles. The van der Waals surface area contributed by atoms with Crippen molar-refractivity contribution in [1.29, 1.82) is 0 Å². The molecule has 9 nitrogen and oxygen atoms in total. The summed E-state index contributed by atoms with van der Waals surface area (Å²) < 4.78 is 21.0. The number of fused-ring (bicyclic) bond motifs is 2. The molecule has 0 saturated carbocycles. The van der Waals surface area contributed by atoms with Crippen molar-refractivity contribution < 1.29 is 13.9 Å². The molecule has 1 atom stereocenters. The van der Waals surface area contributed by atoms with Crippen LogP contribution in [0.3, 0.4) is 0 Å². The van der Waals surface area contributed by atoms with Crippen molar-refractivity contribution in [1.82, 2.24) is 25.1 Å². The van der Waals surface area contributed by atoms with Crippen molar-refractivity contribution in [3.63, 3.8) is 0 Å². The van der Waals surface area contributed by atoms with Crippen LogP contribution in [0.4, 0.5) is 21.6 Å². The molecule has 5 aromatic rings. The predicted molar refractivity (Wildman–Crippen MR) is 144 cm³/mol. The molecule has 0 bridgehead atoms. The Bertz CT molecular complexity index is 1650. The second kappa shape index (κ2) is 10.1. The van der Waals surface area contributed by atoms with Gasteiger partial charge in [-0.2, -0.15) is 5.10 Å². The summed E-state index contributed by atoms with van der Waals surface area (Å²) in [6.07, 6.45) is 5.05. The standard InChI is InChI=1S/C28H26FN7O2/c1-38-26-13-23-21(12-24(26)35-28(37)22-6-3-9-30-22)27(32-16-31-23)34-20-7-8-25-18(11-20)14-33-36(25)15-17-4-2-5-19(29)10-17/h2,4-5,7-8,10-14,16,22,30H,3,6,9,15H2,1H3,(H,35,37)(H,31,32,34)/t22-/m0/s1. The lowest BCUT2D eigenvalue weighted by molar-refractivity contribution is -0.117. The van der Waals surface area contributed by atoms with Crippen molar-refractivity contribution >= 4 is 44.9 Å². The Labute approximate surface area is 218 Å². The van der Waals surface area contributed by atoms with Crippen molar-refractivity contribution in [2.24, 2.45) is 0 Å². The second-order valence-electron chi connectivity index (χ2n) is 9.26. The molecule has 10 heteroatoms. The second-order valence-corrected chi connectivity index (χ2v) is 9.26. The van der Waals surface area contributed by atoms with Gasteiger partial charge in [0.25, 0.3) is 0 Å². The Morgan fingerprint density at radius 2 is 2.11 bits per heavy atom. The molecule has 1 fully saturated rings. The van der Waals surface area contributed by atoms with E-state index in [0.29, 0.717) is 29.3 Å². The average Bonchev–Trinajstić information content (AvgIpc) is 3.59. The molecule has 1 aliphatic heterocycles. The third-order valence-corrected chi connectivity index (χ3v) is 6.72. The first kappa shape index (κ1) is 23.8. The number of aromatic nitrogens is 4. The van der Waals surface area contributed by atoms with E-state index in [1.807, 2.05) is 35.0 Å². The van der Waals surface area contributed by atoms with Gasteiger partial charge in [0.1, 0.15) is 23.7 Å².